The zero-order chi connectivity index (χ0) is 17.8. The topological polar surface area (TPSA) is 74.1 Å². The Bertz CT molecular complexity index is 592. The van der Waals surface area contributed by atoms with Crippen LogP contribution >= 0.6 is 23.2 Å². The van der Waals surface area contributed by atoms with Crippen LogP contribution in [0.1, 0.15) is 26.2 Å². The summed E-state index contributed by atoms with van der Waals surface area (Å²) >= 11 is 12.0. The van der Waals surface area contributed by atoms with E-state index in [4.69, 9.17) is 33.2 Å². The number of hydrogen-bond acceptors (Lipinski definition) is 4. The van der Waals surface area contributed by atoms with Gasteiger partial charge in [-0.25, -0.2) is 0 Å². The Labute approximate surface area is 152 Å². The molecule has 130 valence electrons. The van der Waals surface area contributed by atoms with E-state index >= 15 is 0 Å². The number of halogens is 2. The van der Waals surface area contributed by atoms with E-state index < -0.39 is 5.91 Å². The lowest BCUT2D eigenvalue weighted by atomic mass is 10.2. The van der Waals surface area contributed by atoms with E-state index in [2.05, 4.69) is 17.6 Å². The first-order valence-electron chi connectivity index (χ1n) is 7.77. The molecule has 0 aliphatic carbocycles. The molecule has 0 unspecified atom stereocenters. The molecule has 24 heavy (non-hydrogen) atoms. The Morgan fingerprint density at radius 3 is 2.58 bits per heavy atom. The van der Waals surface area contributed by atoms with Gasteiger partial charge in [0.15, 0.2) is 0 Å². The Morgan fingerprint density at radius 2 is 1.96 bits per heavy atom. The summed E-state index contributed by atoms with van der Waals surface area (Å²) in [6.45, 7) is 3.86. The van der Waals surface area contributed by atoms with Gasteiger partial charge in [-0.3, -0.25) is 4.79 Å². The summed E-state index contributed by atoms with van der Waals surface area (Å²) in [4.78, 5) is 12.0. The molecule has 0 atom stereocenters. The normalized spacial score (nSPS) is 11.0. The molecular formula is C17H21Cl2N3O2. The summed E-state index contributed by atoms with van der Waals surface area (Å²) in [5.41, 5.74) is 0.392. The number of carbonyl (C=O) groups is 1. The zero-order valence-electron chi connectivity index (χ0n) is 13.6. The highest BCUT2D eigenvalue weighted by Crippen LogP contribution is 2.29. The van der Waals surface area contributed by atoms with Crippen LogP contribution in [0.25, 0.3) is 0 Å². The number of para-hydroxylation sites is 1. The summed E-state index contributed by atoms with van der Waals surface area (Å²) in [5, 5.41) is 15.4. The van der Waals surface area contributed by atoms with Gasteiger partial charge < -0.3 is 15.4 Å². The van der Waals surface area contributed by atoms with Gasteiger partial charge in [0.25, 0.3) is 5.91 Å². The number of nitrogens with zero attached hydrogens (tertiary/aromatic N) is 1. The summed E-state index contributed by atoms with van der Waals surface area (Å²) in [6, 6.07) is 6.88. The third-order valence-electron chi connectivity index (χ3n) is 3.08. The lowest BCUT2D eigenvalue weighted by molar-refractivity contribution is -0.117. The first-order valence-corrected chi connectivity index (χ1v) is 8.52. The second-order valence-electron chi connectivity index (χ2n) is 4.99. The van der Waals surface area contributed by atoms with Crippen LogP contribution in [0.15, 0.2) is 30.0 Å². The van der Waals surface area contributed by atoms with E-state index in [1.807, 2.05) is 6.07 Å². The summed E-state index contributed by atoms with van der Waals surface area (Å²) in [5.74, 6) is -0.457. The van der Waals surface area contributed by atoms with Crippen molar-refractivity contribution in [1.29, 1.82) is 5.26 Å². The van der Waals surface area contributed by atoms with Gasteiger partial charge in [-0.05, 0) is 25.0 Å². The molecular weight excluding hydrogens is 349 g/mol. The molecule has 5 nitrogen and oxygen atoms in total. The number of carbonyl (C=O) groups excluding carboxylic acids is 1. The molecule has 0 spiro atoms. The fraction of sp³-hybridized carbons (Fsp3) is 0.412. The van der Waals surface area contributed by atoms with Crippen LogP contribution in [-0.4, -0.2) is 25.7 Å². The third kappa shape index (κ3) is 7.22. The van der Waals surface area contributed by atoms with Crippen molar-refractivity contribution in [3.63, 3.8) is 0 Å². The lowest BCUT2D eigenvalue weighted by Gasteiger charge is -2.08. The molecule has 0 aliphatic heterocycles. The molecule has 0 saturated heterocycles. The second-order valence-corrected chi connectivity index (χ2v) is 5.80. The number of nitriles is 1. The van der Waals surface area contributed by atoms with Crippen molar-refractivity contribution in [3.05, 3.63) is 40.0 Å². The number of ether oxygens (including phenoxy) is 1. The van der Waals surface area contributed by atoms with Gasteiger partial charge >= 0.3 is 0 Å². The van der Waals surface area contributed by atoms with Gasteiger partial charge in [-0.1, -0.05) is 42.6 Å². The Balaban J connectivity index is 2.45. The van der Waals surface area contributed by atoms with Crippen LogP contribution in [-0.2, 0) is 9.53 Å². The standard InChI is InChI=1S/C17H21Cl2N3O2/c1-2-3-9-24-10-5-8-21-17(23)13(11-20)12-22-16-14(18)6-4-7-15(16)19/h4,6-7,12,22H,2-3,5,8-10H2,1H3,(H,21,23)/b13-12-. The number of anilines is 1. The van der Waals surface area contributed by atoms with E-state index in [9.17, 15) is 4.79 Å². The molecule has 1 rings (SSSR count). The van der Waals surface area contributed by atoms with E-state index in [-0.39, 0.29) is 5.57 Å². The van der Waals surface area contributed by atoms with Crippen molar-refractivity contribution in [2.45, 2.75) is 26.2 Å². The first kappa shape index (κ1) is 20.3. The van der Waals surface area contributed by atoms with Crippen molar-refractivity contribution in [3.8, 4) is 6.07 Å². The maximum absolute atomic E-state index is 12.0. The third-order valence-corrected chi connectivity index (χ3v) is 3.71. The number of amides is 1. The van der Waals surface area contributed by atoms with Crippen LogP contribution in [0.2, 0.25) is 10.0 Å². The second kappa shape index (κ2) is 11.7. The molecule has 2 N–H and O–H groups in total. The van der Waals surface area contributed by atoms with E-state index in [1.165, 1.54) is 6.20 Å². The maximum Gasteiger partial charge on any atom is 0.263 e. The van der Waals surface area contributed by atoms with Crippen LogP contribution in [0.3, 0.4) is 0 Å². The zero-order valence-corrected chi connectivity index (χ0v) is 15.1. The van der Waals surface area contributed by atoms with Crippen molar-refractivity contribution in [2.24, 2.45) is 0 Å². The molecule has 1 aromatic rings. The van der Waals surface area contributed by atoms with Crippen molar-refractivity contribution >= 4 is 34.8 Å². The highest BCUT2D eigenvalue weighted by atomic mass is 35.5. The average molecular weight is 370 g/mol. The minimum Gasteiger partial charge on any atom is -0.381 e. The molecule has 0 fully saturated rings. The van der Waals surface area contributed by atoms with Gasteiger partial charge in [0.2, 0.25) is 0 Å². The number of rotatable bonds is 10. The average Bonchev–Trinajstić information content (AvgIpc) is 2.56. The molecule has 0 aliphatic rings. The van der Waals surface area contributed by atoms with Gasteiger partial charge in [0.05, 0.1) is 15.7 Å². The molecule has 0 saturated carbocycles. The quantitative estimate of drug-likeness (QED) is 0.369. The molecule has 0 radical (unpaired) electrons. The minimum atomic E-state index is -0.457. The van der Waals surface area contributed by atoms with E-state index in [0.717, 1.165) is 19.4 Å². The molecule has 1 amide bonds. The first-order chi connectivity index (χ1) is 11.6. The molecule has 1 aromatic carbocycles. The Hall–Kier alpha value is -1.74. The van der Waals surface area contributed by atoms with Crippen LogP contribution in [0, 0.1) is 11.3 Å². The Morgan fingerprint density at radius 1 is 1.29 bits per heavy atom. The minimum absolute atomic E-state index is 0.0575. The van der Waals surface area contributed by atoms with E-state index in [0.29, 0.717) is 35.3 Å². The van der Waals surface area contributed by atoms with Crippen molar-refractivity contribution < 1.29 is 9.53 Å². The van der Waals surface area contributed by atoms with Gasteiger partial charge in [0, 0.05) is 26.0 Å². The van der Waals surface area contributed by atoms with Gasteiger partial charge in [-0.15, -0.1) is 0 Å². The molecule has 0 bridgehead atoms. The van der Waals surface area contributed by atoms with Gasteiger partial charge in [-0.2, -0.15) is 5.26 Å². The number of nitrogens with one attached hydrogen (secondary N) is 2. The SMILES string of the molecule is CCCCOCCCNC(=O)/C(C#N)=C\Nc1c(Cl)cccc1Cl. The summed E-state index contributed by atoms with van der Waals surface area (Å²) in [7, 11) is 0. The highest BCUT2D eigenvalue weighted by molar-refractivity contribution is 6.39. The summed E-state index contributed by atoms with van der Waals surface area (Å²) in [6.07, 6.45) is 4.11. The fourth-order valence-electron chi connectivity index (χ4n) is 1.75. The predicted molar refractivity (Wildman–Crippen MR) is 97.1 cm³/mol. The van der Waals surface area contributed by atoms with Crippen LogP contribution in [0.5, 0.6) is 0 Å². The molecule has 0 heterocycles. The number of benzene rings is 1. The van der Waals surface area contributed by atoms with Crippen LogP contribution in [0.4, 0.5) is 5.69 Å². The summed E-state index contributed by atoms with van der Waals surface area (Å²) < 4.78 is 5.40. The van der Waals surface area contributed by atoms with Crippen LogP contribution < -0.4 is 10.6 Å². The Kier molecular flexibility index (Phi) is 9.94. The van der Waals surface area contributed by atoms with E-state index in [1.54, 1.807) is 18.2 Å². The van der Waals surface area contributed by atoms with Crippen molar-refractivity contribution in [1.82, 2.24) is 5.32 Å². The number of hydrogen-bond donors (Lipinski definition) is 2. The largest absolute Gasteiger partial charge is 0.381 e. The molecule has 0 aromatic heterocycles. The fourth-order valence-corrected chi connectivity index (χ4v) is 2.26. The van der Waals surface area contributed by atoms with Crippen molar-refractivity contribution in [2.75, 3.05) is 25.1 Å². The predicted octanol–water partition coefficient (Wildman–Crippen LogP) is 4.14. The monoisotopic (exact) mass is 369 g/mol. The maximum atomic E-state index is 12.0. The lowest BCUT2D eigenvalue weighted by Crippen LogP contribution is -2.26. The highest BCUT2D eigenvalue weighted by Gasteiger charge is 2.09. The van der Waals surface area contributed by atoms with Gasteiger partial charge in [0.1, 0.15) is 11.6 Å². The smallest absolute Gasteiger partial charge is 0.263 e. The molecule has 7 heteroatoms. The number of unbranched alkanes of at least 4 members (excludes halogenated alkanes) is 1.